The van der Waals surface area contributed by atoms with E-state index in [2.05, 4.69) is 5.32 Å². The quantitative estimate of drug-likeness (QED) is 0.886. The summed E-state index contributed by atoms with van der Waals surface area (Å²) in [7, 11) is 0. The lowest BCUT2D eigenvalue weighted by Gasteiger charge is -2.15. The van der Waals surface area contributed by atoms with Crippen LogP contribution in [0.15, 0.2) is 48.5 Å². The van der Waals surface area contributed by atoms with E-state index in [1.807, 2.05) is 18.7 Å². The summed E-state index contributed by atoms with van der Waals surface area (Å²) in [6.07, 6.45) is 2.23. The molecule has 1 fully saturated rings. The minimum atomic E-state index is -0.195. The Labute approximate surface area is 154 Å². The van der Waals surface area contributed by atoms with Crippen molar-refractivity contribution >= 4 is 17.5 Å². The summed E-state index contributed by atoms with van der Waals surface area (Å²) in [5.41, 5.74) is 1.87. The van der Waals surface area contributed by atoms with E-state index >= 15 is 0 Å². The Morgan fingerprint density at radius 3 is 2.08 bits per heavy atom. The molecule has 3 rings (SSSR count). The van der Waals surface area contributed by atoms with Gasteiger partial charge in [0.25, 0.3) is 11.8 Å². The third kappa shape index (κ3) is 4.42. The summed E-state index contributed by atoms with van der Waals surface area (Å²) < 4.78 is 5.58. The Kier molecular flexibility index (Phi) is 5.56. The SMILES string of the molecule is CC(C)Oc1ccc(C(=O)Nc2ccc(C(=O)N3CCCC3)cc2)cc1. The van der Waals surface area contributed by atoms with Crippen molar-refractivity contribution in [3.05, 3.63) is 59.7 Å². The molecule has 2 aromatic carbocycles. The number of ether oxygens (including phenoxy) is 1. The second-order valence-electron chi connectivity index (χ2n) is 6.72. The lowest BCUT2D eigenvalue weighted by atomic mass is 10.1. The zero-order chi connectivity index (χ0) is 18.5. The molecular weight excluding hydrogens is 328 g/mol. The molecule has 0 atom stereocenters. The standard InChI is InChI=1S/C21H24N2O3/c1-15(2)26-19-11-7-16(8-12-19)20(24)22-18-9-5-17(6-10-18)21(25)23-13-3-4-14-23/h5-12,15H,3-4,13-14H2,1-2H3,(H,22,24). The van der Waals surface area contributed by atoms with Crippen molar-refractivity contribution in [2.45, 2.75) is 32.8 Å². The maximum absolute atomic E-state index is 12.3. The fourth-order valence-electron chi connectivity index (χ4n) is 2.96. The van der Waals surface area contributed by atoms with Gasteiger partial charge in [-0.3, -0.25) is 9.59 Å². The van der Waals surface area contributed by atoms with E-state index < -0.39 is 0 Å². The molecular formula is C21H24N2O3. The van der Waals surface area contributed by atoms with Crippen molar-refractivity contribution in [3.8, 4) is 5.75 Å². The van der Waals surface area contributed by atoms with E-state index in [0.29, 0.717) is 16.8 Å². The molecule has 1 N–H and O–H groups in total. The number of amides is 2. The lowest BCUT2D eigenvalue weighted by molar-refractivity contribution is 0.0792. The predicted molar refractivity (Wildman–Crippen MR) is 102 cm³/mol. The summed E-state index contributed by atoms with van der Waals surface area (Å²) in [6, 6.07) is 14.1. The molecule has 5 nitrogen and oxygen atoms in total. The van der Waals surface area contributed by atoms with Gasteiger partial charge in [-0.15, -0.1) is 0 Å². The van der Waals surface area contributed by atoms with Gasteiger partial charge in [0.1, 0.15) is 5.75 Å². The first-order chi connectivity index (χ1) is 12.5. The van der Waals surface area contributed by atoms with Crippen LogP contribution in [0.5, 0.6) is 5.75 Å². The smallest absolute Gasteiger partial charge is 0.255 e. The maximum atomic E-state index is 12.3. The van der Waals surface area contributed by atoms with Gasteiger partial charge >= 0.3 is 0 Å². The molecule has 1 heterocycles. The number of hydrogen-bond donors (Lipinski definition) is 1. The maximum Gasteiger partial charge on any atom is 0.255 e. The highest BCUT2D eigenvalue weighted by Gasteiger charge is 2.19. The Morgan fingerprint density at radius 2 is 1.50 bits per heavy atom. The van der Waals surface area contributed by atoms with Gasteiger partial charge in [0.05, 0.1) is 6.10 Å². The summed E-state index contributed by atoms with van der Waals surface area (Å²) in [5, 5.41) is 2.85. The third-order valence-electron chi connectivity index (χ3n) is 4.27. The number of anilines is 1. The minimum absolute atomic E-state index is 0.0566. The average molecular weight is 352 g/mol. The molecule has 1 saturated heterocycles. The molecule has 0 aliphatic carbocycles. The van der Waals surface area contributed by atoms with E-state index in [1.165, 1.54) is 0 Å². The van der Waals surface area contributed by atoms with Crippen LogP contribution in [0.3, 0.4) is 0 Å². The number of nitrogens with one attached hydrogen (secondary N) is 1. The van der Waals surface area contributed by atoms with Gasteiger partial charge in [0, 0.05) is 29.9 Å². The first-order valence-corrected chi connectivity index (χ1v) is 9.00. The largest absolute Gasteiger partial charge is 0.491 e. The van der Waals surface area contributed by atoms with Crippen molar-refractivity contribution in [2.75, 3.05) is 18.4 Å². The van der Waals surface area contributed by atoms with Crippen molar-refractivity contribution < 1.29 is 14.3 Å². The summed E-state index contributed by atoms with van der Waals surface area (Å²) in [6.45, 7) is 5.57. The van der Waals surface area contributed by atoms with Crippen LogP contribution in [-0.4, -0.2) is 35.9 Å². The topological polar surface area (TPSA) is 58.6 Å². The number of rotatable bonds is 5. The Bertz CT molecular complexity index is 761. The summed E-state index contributed by atoms with van der Waals surface area (Å²) in [4.78, 5) is 26.6. The molecule has 0 spiro atoms. The Morgan fingerprint density at radius 1 is 0.923 bits per heavy atom. The van der Waals surface area contributed by atoms with Gasteiger partial charge in [-0.2, -0.15) is 0 Å². The van der Waals surface area contributed by atoms with Crippen LogP contribution in [0, 0.1) is 0 Å². The molecule has 0 unspecified atom stereocenters. The van der Waals surface area contributed by atoms with E-state index in [1.54, 1.807) is 48.5 Å². The second-order valence-corrected chi connectivity index (χ2v) is 6.72. The molecule has 136 valence electrons. The minimum Gasteiger partial charge on any atom is -0.491 e. The van der Waals surface area contributed by atoms with Crippen molar-refractivity contribution in [2.24, 2.45) is 0 Å². The first-order valence-electron chi connectivity index (χ1n) is 9.00. The fraction of sp³-hybridized carbons (Fsp3) is 0.333. The van der Waals surface area contributed by atoms with Crippen LogP contribution in [-0.2, 0) is 0 Å². The highest BCUT2D eigenvalue weighted by molar-refractivity contribution is 6.04. The highest BCUT2D eigenvalue weighted by Crippen LogP contribution is 2.17. The molecule has 0 radical (unpaired) electrons. The first kappa shape index (κ1) is 18.0. The van der Waals surface area contributed by atoms with E-state index in [-0.39, 0.29) is 17.9 Å². The van der Waals surface area contributed by atoms with Gasteiger partial charge in [0.2, 0.25) is 0 Å². The summed E-state index contributed by atoms with van der Waals surface area (Å²) >= 11 is 0. The lowest BCUT2D eigenvalue weighted by Crippen LogP contribution is -2.27. The fourth-order valence-corrected chi connectivity index (χ4v) is 2.96. The number of carbonyl (C=O) groups excluding carboxylic acids is 2. The number of likely N-dealkylation sites (tertiary alicyclic amines) is 1. The second kappa shape index (κ2) is 8.04. The predicted octanol–water partition coefficient (Wildman–Crippen LogP) is 3.96. The molecule has 2 aromatic rings. The molecule has 0 aromatic heterocycles. The number of hydrogen-bond acceptors (Lipinski definition) is 3. The van der Waals surface area contributed by atoms with E-state index in [9.17, 15) is 9.59 Å². The molecule has 26 heavy (non-hydrogen) atoms. The van der Waals surface area contributed by atoms with E-state index in [4.69, 9.17) is 4.74 Å². The number of carbonyl (C=O) groups is 2. The van der Waals surface area contributed by atoms with Gasteiger partial charge in [-0.25, -0.2) is 0 Å². The Hall–Kier alpha value is -2.82. The average Bonchev–Trinajstić information content (AvgIpc) is 3.16. The van der Waals surface area contributed by atoms with Crippen LogP contribution in [0.25, 0.3) is 0 Å². The molecule has 0 bridgehead atoms. The van der Waals surface area contributed by atoms with Gasteiger partial charge in [-0.1, -0.05) is 0 Å². The van der Waals surface area contributed by atoms with Gasteiger partial charge < -0.3 is 15.0 Å². The van der Waals surface area contributed by atoms with Crippen LogP contribution in [0.2, 0.25) is 0 Å². The molecule has 0 saturated carbocycles. The molecule has 2 amide bonds. The monoisotopic (exact) mass is 352 g/mol. The van der Waals surface area contributed by atoms with Crippen LogP contribution >= 0.6 is 0 Å². The van der Waals surface area contributed by atoms with Crippen molar-refractivity contribution in [1.29, 1.82) is 0 Å². The normalized spacial score (nSPS) is 13.7. The molecule has 1 aliphatic heterocycles. The number of nitrogens with zero attached hydrogens (tertiary/aromatic N) is 1. The van der Waals surface area contributed by atoms with Crippen molar-refractivity contribution in [3.63, 3.8) is 0 Å². The van der Waals surface area contributed by atoms with Crippen LogP contribution in [0.4, 0.5) is 5.69 Å². The third-order valence-corrected chi connectivity index (χ3v) is 4.27. The van der Waals surface area contributed by atoms with Crippen LogP contribution in [0.1, 0.15) is 47.4 Å². The van der Waals surface area contributed by atoms with Gasteiger partial charge in [0.15, 0.2) is 0 Å². The summed E-state index contributed by atoms with van der Waals surface area (Å²) in [5.74, 6) is 0.599. The molecule has 1 aliphatic rings. The van der Waals surface area contributed by atoms with Crippen molar-refractivity contribution in [1.82, 2.24) is 4.90 Å². The molecule has 5 heteroatoms. The Balaban J connectivity index is 1.61. The highest BCUT2D eigenvalue weighted by atomic mass is 16.5. The number of benzene rings is 2. The van der Waals surface area contributed by atoms with Gasteiger partial charge in [-0.05, 0) is 75.2 Å². The van der Waals surface area contributed by atoms with E-state index in [0.717, 1.165) is 31.7 Å². The van der Waals surface area contributed by atoms with Crippen LogP contribution < -0.4 is 10.1 Å². The zero-order valence-corrected chi connectivity index (χ0v) is 15.2. The zero-order valence-electron chi connectivity index (χ0n) is 15.2.